The standard InChI is InChI=1S/C27H17F6NO3S/c1-15-6-9-20(10-7-15)38(36,37)34-24(17-12-18(26(28,29)30)14-19(13-17)27(31,32)33)22-11-8-16-4-2-3-5-21(16)23(22)25(34)35/h2-14,24H,1H3. The summed E-state index contributed by atoms with van der Waals surface area (Å²) in [7, 11) is -4.71. The van der Waals surface area contributed by atoms with E-state index < -0.39 is 51.0 Å². The molecule has 0 fully saturated rings. The Kier molecular flexibility index (Phi) is 5.82. The maximum absolute atomic E-state index is 13.8. The molecule has 0 saturated heterocycles. The summed E-state index contributed by atoms with van der Waals surface area (Å²) in [5.41, 5.74) is -3.28. The number of aryl methyl sites for hydroxylation is 1. The van der Waals surface area contributed by atoms with Gasteiger partial charge in [0.2, 0.25) is 0 Å². The molecule has 0 spiro atoms. The van der Waals surface area contributed by atoms with E-state index in [0.717, 1.165) is 0 Å². The fourth-order valence-electron chi connectivity index (χ4n) is 4.63. The predicted octanol–water partition coefficient (Wildman–Crippen LogP) is 7.12. The minimum atomic E-state index is -5.16. The number of hydrogen-bond acceptors (Lipinski definition) is 3. The molecular weight excluding hydrogens is 532 g/mol. The quantitative estimate of drug-likeness (QED) is 0.256. The largest absolute Gasteiger partial charge is 0.416 e. The molecular formula is C27H17F6NO3S. The molecule has 1 amide bonds. The van der Waals surface area contributed by atoms with E-state index in [4.69, 9.17) is 0 Å². The average Bonchev–Trinajstić information content (AvgIpc) is 3.16. The number of nitrogens with zero attached hydrogens (tertiary/aromatic N) is 1. The zero-order chi connectivity index (χ0) is 27.6. The van der Waals surface area contributed by atoms with Gasteiger partial charge in [-0.3, -0.25) is 4.79 Å². The number of alkyl halides is 6. The average molecular weight is 549 g/mol. The Morgan fingerprint density at radius 3 is 1.92 bits per heavy atom. The Morgan fingerprint density at radius 2 is 1.34 bits per heavy atom. The van der Waals surface area contributed by atoms with Crippen LogP contribution in [0.2, 0.25) is 0 Å². The maximum atomic E-state index is 13.8. The molecule has 1 unspecified atom stereocenters. The highest BCUT2D eigenvalue weighted by Gasteiger charge is 2.47. The second-order valence-corrected chi connectivity index (χ2v) is 10.7. The van der Waals surface area contributed by atoms with Gasteiger partial charge in [-0.05, 0) is 59.2 Å². The van der Waals surface area contributed by atoms with Gasteiger partial charge in [-0.15, -0.1) is 0 Å². The molecule has 11 heteroatoms. The first kappa shape index (κ1) is 25.8. The fraction of sp³-hybridized carbons (Fsp3) is 0.148. The van der Waals surface area contributed by atoms with Crippen molar-refractivity contribution >= 4 is 26.7 Å². The van der Waals surface area contributed by atoms with Crippen molar-refractivity contribution in [3.63, 3.8) is 0 Å². The van der Waals surface area contributed by atoms with Crippen LogP contribution in [0.4, 0.5) is 26.3 Å². The highest BCUT2D eigenvalue weighted by molar-refractivity contribution is 7.89. The smallest absolute Gasteiger partial charge is 0.268 e. The van der Waals surface area contributed by atoms with Crippen LogP contribution in [0.1, 0.15) is 44.2 Å². The molecule has 1 aliphatic heterocycles. The molecule has 4 aromatic carbocycles. The van der Waals surface area contributed by atoms with E-state index in [1.165, 1.54) is 36.4 Å². The van der Waals surface area contributed by atoms with E-state index >= 15 is 0 Å². The van der Waals surface area contributed by atoms with Gasteiger partial charge in [-0.2, -0.15) is 26.3 Å². The van der Waals surface area contributed by atoms with Gasteiger partial charge < -0.3 is 0 Å². The van der Waals surface area contributed by atoms with Gasteiger partial charge in [-0.1, -0.05) is 54.1 Å². The number of carbonyl (C=O) groups excluding carboxylic acids is 1. The van der Waals surface area contributed by atoms with Gasteiger partial charge in [0.25, 0.3) is 15.9 Å². The minimum absolute atomic E-state index is 0.0168. The molecule has 0 saturated carbocycles. The Balaban J connectivity index is 1.84. The van der Waals surface area contributed by atoms with E-state index in [2.05, 4.69) is 0 Å². The van der Waals surface area contributed by atoms with Crippen LogP contribution >= 0.6 is 0 Å². The van der Waals surface area contributed by atoms with Gasteiger partial charge in [0.1, 0.15) is 0 Å². The summed E-state index contributed by atoms with van der Waals surface area (Å²) in [6.07, 6.45) is -10.3. The molecule has 1 aliphatic rings. The molecule has 0 N–H and O–H groups in total. The van der Waals surface area contributed by atoms with E-state index in [0.29, 0.717) is 32.8 Å². The third kappa shape index (κ3) is 4.20. The van der Waals surface area contributed by atoms with Gasteiger partial charge in [0.15, 0.2) is 0 Å². The van der Waals surface area contributed by atoms with Crippen molar-refractivity contribution < 1.29 is 39.6 Å². The van der Waals surface area contributed by atoms with Crippen LogP contribution in [0.3, 0.4) is 0 Å². The minimum Gasteiger partial charge on any atom is -0.268 e. The Bertz CT molecular complexity index is 1660. The van der Waals surface area contributed by atoms with Crippen molar-refractivity contribution in [3.8, 4) is 0 Å². The van der Waals surface area contributed by atoms with Crippen molar-refractivity contribution in [2.24, 2.45) is 0 Å². The van der Waals surface area contributed by atoms with Crippen LogP contribution in [0.5, 0.6) is 0 Å². The van der Waals surface area contributed by atoms with Crippen LogP contribution in [0.15, 0.2) is 83.8 Å². The molecule has 38 heavy (non-hydrogen) atoms. The van der Waals surface area contributed by atoms with E-state index in [9.17, 15) is 39.6 Å². The van der Waals surface area contributed by atoms with Crippen molar-refractivity contribution in [3.05, 3.63) is 112 Å². The molecule has 5 rings (SSSR count). The van der Waals surface area contributed by atoms with Crippen LogP contribution in [-0.4, -0.2) is 18.6 Å². The molecule has 0 aliphatic carbocycles. The summed E-state index contributed by atoms with van der Waals surface area (Å²) in [5, 5.41) is 0.873. The summed E-state index contributed by atoms with van der Waals surface area (Å²) in [5.74, 6) is -1.05. The SMILES string of the molecule is Cc1ccc(S(=O)(=O)N2C(=O)c3c(ccc4ccccc34)C2c2cc(C(F)(F)F)cc(C(F)(F)F)c2)cc1. The Labute approximate surface area is 213 Å². The van der Waals surface area contributed by atoms with Crippen LogP contribution in [0.25, 0.3) is 10.8 Å². The third-order valence-corrected chi connectivity index (χ3v) is 8.17. The molecule has 1 atom stereocenters. The van der Waals surface area contributed by atoms with Gasteiger partial charge in [0.05, 0.1) is 27.6 Å². The number of carbonyl (C=O) groups is 1. The predicted molar refractivity (Wildman–Crippen MR) is 127 cm³/mol. The lowest BCUT2D eigenvalue weighted by molar-refractivity contribution is -0.143. The molecule has 1 heterocycles. The summed E-state index contributed by atoms with van der Waals surface area (Å²) in [4.78, 5) is 13.4. The van der Waals surface area contributed by atoms with Crippen molar-refractivity contribution in [2.75, 3.05) is 0 Å². The summed E-state index contributed by atoms with van der Waals surface area (Å²) < 4.78 is 110. The van der Waals surface area contributed by atoms with E-state index in [-0.39, 0.29) is 22.1 Å². The van der Waals surface area contributed by atoms with Crippen LogP contribution < -0.4 is 0 Å². The van der Waals surface area contributed by atoms with Gasteiger partial charge in [-0.25, -0.2) is 12.7 Å². The highest BCUT2D eigenvalue weighted by Crippen LogP contribution is 2.47. The first-order chi connectivity index (χ1) is 17.7. The fourth-order valence-corrected chi connectivity index (χ4v) is 6.16. The lowest BCUT2D eigenvalue weighted by Gasteiger charge is -2.26. The van der Waals surface area contributed by atoms with Crippen LogP contribution in [-0.2, 0) is 22.4 Å². The summed E-state index contributed by atoms with van der Waals surface area (Å²) in [6, 6.07) is 13.8. The zero-order valence-corrected chi connectivity index (χ0v) is 20.2. The number of fused-ring (bicyclic) bond motifs is 3. The molecule has 4 aromatic rings. The number of benzene rings is 4. The maximum Gasteiger partial charge on any atom is 0.416 e. The number of halogens is 6. The zero-order valence-electron chi connectivity index (χ0n) is 19.4. The van der Waals surface area contributed by atoms with Crippen molar-refractivity contribution in [2.45, 2.75) is 30.2 Å². The highest BCUT2D eigenvalue weighted by atomic mass is 32.2. The second-order valence-electron chi connectivity index (χ2n) is 8.91. The monoisotopic (exact) mass is 549 g/mol. The lowest BCUT2D eigenvalue weighted by atomic mass is 9.92. The Hall–Kier alpha value is -3.86. The van der Waals surface area contributed by atoms with Crippen molar-refractivity contribution in [1.29, 1.82) is 0 Å². The molecule has 0 bridgehead atoms. The first-order valence-electron chi connectivity index (χ1n) is 11.2. The number of sulfonamides is 1. The molecule has 4 nitrogen and oxygen atoms in total. The number of amides is 1. The number of hydrogen-bond donors (Lipinski definition) is 0. The lowest BCUT2D eigenvalue weighted by Crippen LogP contribution is -2.35. The normalized spacial score (nSPS) is 16.2. The third-order valence-electron chi connectivity index (χ3n) is 6.41. The van der Waals surface area contributed by atoms with E-state index in [1.807, 2.05) is 0 Å². The first-order valence-corrected chi connectivity index (χ1v) is 12.6. The van der Waals surface area contributed by atoms with Crippen molar-refractivity contribution in [1.82, 2.24) is 4.31 Å². The van der Waals surface area contributed by atoms with Crippen LogP contribution in [0, 0.1) is 6.92 Å². The summed E-state index contributed by atoms with van der Waals surface area (Å²) in [6.45, 7) is 1.70. The topological polar surface area (TPSA) is 54.5 Å². The molecule has 0 aromatic heterocycles. The van der Waals surface area contributed by atoms with E-state index in [1.54, 1.807) is 31.2 Å². The second kappa shape index (κ2) is 8.59. The van der Waals surface area contributed by atoms with Gasteiger partial charge >= 0.3 is 12.4 Å². The Morgan fingerprint density at radius 1 is 0.763 bits per heavy atom. The number of rotatable bonds is 3. The molecule has 196 valence electrons. The summed E-state index contributed by atoms with van der Waals surface area (Å²) >= 11 is 0. The van der Waals surface area contributed by atoms with Gasteiger partial charge in [0, 0.05) is 0 Å². The molecule has 0 radical (unpaired) electrons.